The summed E-state index contributed by atoms with van der Waals surface area (Å²) in [6.45, 7) is 0.323. The maximum atomic E-state index is 12.9. The van der Waals surface area contributed by atoms with Crippen LogP contribution in [0, 0.1) is 0 Å². The monoisotopic (exact) mass is 424 g/mol. The second-order valence-electron chi connectivity index (χ2n) is 5.87. The van der Waals surface area contributed by atoms with Crippen molar-refractivity contribution in [1.82, 2.24) is 0 Å². The highest BCUT2D eigenvalue weighted by Gasteiger charge is 2.35. The Morgan fingerprint density at radius 2 is 1.78 bits per heavy atom. The van der Waals surface area contributed by atoms with Gasteiger partial charge in [-0.05, 0) is 42.3 Å². The van der Waals surface area contributed by atoms with Crippen LogP contribution in [-0.4, -0.2) is 23.5 Å². The van der Waals surface area contributed by atoms with E-state index in [0.29, 0.717) is 40.1 Å². The Morgan fingerprint density at radius 3 is 2.48 bits per heavy atom. The van der Waals surface area contributed by atoms with Crippen LogP contribution in [0.1, 0.15) is 24.0 Å². The van der Waals surface area contributed by atoms with E-state index in [2.05, 4.69) is 5.16 Å². The fourth-order valence-corrected chi connectivity index (χ4v) is 3.09. The molecule has 0 unspecified atom stereocenters. The lowest BCUT2D eigenvalue weighted by atomic mass is 10.1. The number of fused-ring (bicyclic) bond motifs is 1. The maximum Gasteiger partial charge on any atom is 0.335 e. The molecule has 1 heterocycles. The van der Waals surface area contributed by atoms with Crippen LogP contribution < -0.4 is 4.90 Å². The molecule has 0 aromatic heterocycles. The van der Waals surface area contributed by atoms with Crippen molar-refractivity contribution in [3.8, 4) is 0 Å². The predicted octanol–water partition coefficient (Wildman–Crippen LogP) is 4.81. The summed E-state index contributed by atoms with van der Waals surface area (Å²) in [5, 5.41) is 4.87. The van der Waals surface area contributed by atoms with Crippen molar-refractivity contribution in [2.45, 2.75) is 19.4 Å². The van der Waals surface area contributed by atoms with E-state index < -0.39 is 5.97 Å². The van der Waals surface area contributed by atoms with Crippen molar-refractivity contribution in [2.75, 3.05) is 10.8 Å². The molecule has 5 nitrogen and oxygen atoms in total. The van der Waals surface area contributed by atoms with Gasteiger partial charge in [0.1, 0.15) is 0 Å². The second-order valence-corrected chi connectivity index (χ2v) is 7.13. The SMILES string of the molecule is O=C(CCCCl)O/N=C1\C(=O)N(Cc2ccc(Cl)cc2)c2ccc(Cl)cc21. The number of amides is 1. The third kappa shape index (κ3) is 4.61. The Bertz CT molecular complexity index is 898. The van der Waals surface area contributed by atoms with Crippen molar-refractivity contribution in [3.05, 3.63) is 63.6 Å². The number of oxime groups is 1. The molecule has 0 atom stereocenters. The summed E-state index contributed by atoms with van der Waals surface area (Å²) in [4.78, 5) is 31.0. The molecule has 0 radical (unpaired) electrons. The van der Waals surface area contributed by atoms with Crippen molar-refractivity contribution in [3.63, 3.8) is 0 Å². The molecule has 2 aromatic carbocycles. The zero-order valence-corrected chi connectivity index (χ0v) is 16.4. The minimum absolute atomic E-state index is 0.0423. The van der Waals surface area contributed by atoms with Gasteiger partial charge >= 0.3 is 5.97 Å². The Labute approximate surface area is 171 Å². The lowest BCUT2D eigenvalue weighted by Crippen LogP contribution is -2.29. The fraction of sp³-hybridized carbons (Fsp3) is 0.211. The number of hydrogen-bond donors (Lipinski definition) is 0. The van der Waals surface area contributed by atoms with Crippen molar-refractivity contribution in [2.24, 2.45) is 5.16 Å². The van der Waals surface area contributed by atoms with Crippen molar-refractivity contribution >= 4 is 58.1 Å². The smallest absolute Gasteiger partial charge is 0.317 e. The minimum Gasteiger partial charge on any atom is -0.317 e. The number of hydrogen-bond acceptors (Lipinski definition) is 4. The van der Waals surface area contributed by atoms with Gasteiger partial charge in [-0.2, -0.15) is 0 Å². The topological polar surface area (TPSA) is 59.0 Å². The zero-order valence-electron chi connectivity index (χ0n) is 14.1. The van der Waals surface area contributed by atoms with Gasteiger partial charge < -0.3 is 9.74 Å². The van der Waals surface area contributed by atoms with Crippen LogP contribution in [0.25, 0.3) is 0 Å². The molecule has 0 saturated heterocycles. The summed E-state index contributed by atoms with van der Waals surface area (Å²) >= 11 is 17.5. The third-order valence-corrected chi connectivity index (χ3v) is 4.71. The molecule has 0 saturated carbocycles. The number of benzene rings is 2. The van der Waals surface area contributed by atoms with Crippen molar-refractivity contribution in [1.29, 1.82) is 0 Å². The van der Waals surface area contributed by atoms with Gasteiger partial charge in [-0.3, -0.25) is 4.79 Å². The van der Waals surface area contributed by atoms with E-state index in [9.17, 15) is 9.59 Å². The molecular formula is C19H15Cl3N2O3. The van der Waals surface area contributed by atoms with Gasteiger partial charge in [0, 0.05) is 27.9 Å². The molecule has 1 aliphatic rings. The van der Waals surface area contributed by atoms with E-state index in [-0.39, 0.29) is 18.0 Å². The summed E-state index contributed by atoms with van der Waals surface area (Å²) < 4.78 is 0. The maximum absolute atomic E-state index is 12.9. The largest absolute Gasteiger partial charge is 0.335 e. The van der Waals surface area contributed by atoms with Gasteiger partial charge in [0.25, 0.3) is 5.91 Å². The molecule has 2 aromatic rings. The van der Waals surface area contributed by atoms with Crippen LogP contribution >= 0.6 is 34.8 Å². The fourth-order valence-electron chi connectivity index (χ4n) is 2.66. The normalized spacial score (nSPS) is 14.6. The highest BCUT2D eigenvalue weighted by molar-refractivity contribution is 6.54. The number of carbonyl (C=O) groups excluding carboxylic acids is 2. The number of rotatable bonds is 6. The van der Waals surface area contributed by atoms with Gasteiger partial charge in [-0.15, -0.1) is 11.6 Å². The van der Waals surface area contributed by atoms with Crippen LogP contribution in [0.2, 0.25) is 10.0 Å². The van der Waals surface area contributed by atoms with Crippen LogP contribution in [0.5, 0.6) is 0 Å². The van der Waals surface area contributed by atoms with Crippen LogP contribution in [0.15, 0.2) is 47.6 Å². The Kier molecular flexibility index (Phi) is 6.37. The van der Waals surface area contributed by atoms with Gasteiger partial charge in [0.05, 0.1) is 12.2 Å². The molecule has 0 spiro atoms. The van der Waals surface area contributed by atoms with E-state index in [1.54, 1.807) is 35.2 Å². The quantitative estimate of drug-likeness (QED) is 0.379. The lowest BCUT2D eigenvalue weighted by Gasteiger charge is -2.17. The van der Waals surface area contributed by atoms with Gasteiger partial charge in [0.2, 0.25) is 0 Å². The average Bonchev–Trinajstić information content (AvgIpc) is 2.91. The molecule has 1 amide bonds. The number of carbonyl (C=O) groups is 2. The van der Waals surface area contributed by atoms with E-state index >= 15 is 0 Å². The highest BCUT2D eigenvalue weighted by atomic mass is 35.5. The first-order valence-corrected chi connectivity index (χ1v) is 9.48. The minimum atomic E-state index is -0.546. The Hall–Kier alpha value is -2.08. The van der Waals surface area contributed by atoms with Gasteiger partial charge in [0.15, 0.2) is 5.71 Å². The molecule has 140 valence electrons. The number of anilines is 1. The molecule has 3 rings (SSSR count). The highest BCUT2D eigenvalue weighted by Crippen LogP contribution is 2.33. The molecule has 0 bridgehead atoms. The molecule has 1 aliphatic heterocycles. The van der Waals surface area contributed by atoms with Gasteiger partial charge in [-0.25, -0.2) is 4.79 Å². The summed E-state index contributed by atoms with van der Waals surface area (Å²) in [7, 11) is 0. The first-order chi connectivity index (χ1) is 13.0. The average molecular weight is 426 g/mol. The van der Waals surface area contributed by atoms with Crippen LogP contribution in [-0.2, 0) is 21.0 Å². The number of alkyl halides is 1. The zero-order chi connectivity index (χ0) is 19.4. The second kappa shape index (κ2) is 8.74. The predicted molar refractivity (Wildman–Crippen MR) is 107 cm³/mol. The molecule has 27 heavy (non-hydrogen) atoms. The molecule has 8 heteroatoms. The van der Waals surface area contributed by atoms with E-state index in [1.807, 2.05) is 12.1 Å². The first kappa shape index (κ1) is 19.7. The van der Waals surface area contributed by atoms with Gasteiger partial charge in [-0.1, -0.05) is 40.5 Å². The Morgan fingerprint density at radius 1 is 1.07 bits per heavy atom. The molecule has 0 aliphatic carbocycles. The number of nitrogens with zero attached hydrogens (tertiary/aromatic N) is 2. The summed E-state index contributed by atoms with van der Waals surface area (Å²) in [6.07, 6.45) is 0.607. The summed E-state index contributed by atoms with van der Waals surface area (Å²) in [5.41, 5.74) is 2.11. The third-order valence-electron chi connectivity index (χ3n) is 3.96. The van der Waals surface area contributed by atoms with Crippen LogP contribution in [0.3, 0.4) is 0 Å². The van der Waals surface area contributed by atoms with E-state index in [0.717, 1.165) is 5.56 Å². The lowest BCUT2D eigenvalue weighted by molar-refractivity contribution is -0.143. The van der Waals surface area contributed by atoms with Crippen molar-refractivity contribution < 1.29 is 14.4 Å². The first-order valence-electron chi connectivity index (χ1n) is 8.19. The Balaban J connectivity index is 1.88. The molecule has 0 N–H and O–H groups in total. The molecular weight excluding hydrogens is 411 g/mol. The van der Waals surface area contributed by atoms with E-state index in [4.69, 9.17) is 39.6 Å². The standard InChI is InChI=1S/C19H15Cl3N2O3/c20-9-1-2-17(25)27-23-18-15-10-14(22)7-8-16(15)24(19(18)26)11-12-3-5-13(21)6-4-12/h3-8,10H,1-2,9,11H2/b23-18-. The molecule has 0 fully saturated rings. The summed E-state index contributed by atoms with van der Waals surface area (Å²) in [6, 6.07) is 12.3. The van der Waals surface area contributed by atoms with Crippen LogP contribution in [0.4, 0.5) is 5.69 Å². The van der Waals surface area contributed by atoms with E-state index in [1.165, 1.54) is 0 Å². The number of halogens is 3. The summed E-state index contributed by atoms with van der Waals surface area (Å²) in [5.74, 6) is -0.569.